The molecule has 1 unspecified atom stereocenters. The second kappa shape index (κ2) is 8.17. The molecule has 0 radical (unpaired) electrons. The summed E-state index contributed by atoms with van der Waals surface area (Å²) in [5, 5.41) is 4.16. The molecular formula is C14H22BrNS. The molecule has 0 fully saturated rings. The minimum Gasteiger partial charge on any atom is -0.313 e. The first-order valence-electron chi connectivity index (χ1n) is 6.33. The molecule has 17 heavy (non-hydrogen) atoms. The average Bonchev–Trinajstić information content (AvgIpc) is 2.32. The predicted octanol–water partition coefficient (Wildman–Crippen LogP) is 4.84. The smallest absolute Gasteiger partial charge is 0.0217 e. The number of benzene rings is 1. The Morgan fingerprint density at radius 1 is 1.35 bits per heavy atom. The second-order valence-corrected chi connectivity index (χ2v) is 6.66. The van der Waals surface area contributed by atoms with Crippen LogP contribution in [0.1, 0.15) is 39.2 Å². The fourth-order valence-electron chi connectivity index (χ4n) is 1.50. The van der Waals surface area contributed by atoms with Gasteiger partial charge in [0.25, 0.3) is 0 Å². The lowest BCUT2D eigenvalue weighted by molar-refractivity contribution is 0.669. The topological polar surface area (TPSA) is 12.0 Å². The number of hydrogen-bond acceptors (Lipinski definition) is 2. The standard InChI is InChI=1S/C14H22BrNS/c1-4-8-16-10-12-9-13(15)6-7-14(12)17-11(3)5-2/h6-7,9,11,16H,4-5,8,10H2,1-3H3. The van der Waals surface area contributed by atoms with Gasteiger partial charge in [-0.3, -0.25) is 0 Å². The first kappa shape index (κ1) is 15.1. The predicted molar refractivity (Wildman–Crippen MR) is 81.7 cm³/mol. The third-order valence-corrected chi connectivity index (χ3v) is 4.55. The van der Waals surface area contributed by atoms with Crippen molar-refractivity contribution in [1.29, 1.82) is 0 Å². The van der Waals surface area contributed by atoms with Gasteiger partial charge < -0.3 is 5.32 Å². The highest BCUT2D eigenvalue weighted by molar-refractivity contribution is 9.10. The summed E-state index contributed by atoms with van der Waals surface area (Å²) in [5.74, 6) is 0. The molecule has 0 spiro atoms. The molecule has 0 aliphatic heterocycles. The van der Waals surface area contributed by atoms with E-state index in [1.807, 2.05) is 11.8 Å². The molecule has 1 N–H and O–H groups in total. The van der Waals surface area contributed by atoms with Crippen molar-refractivity contribution < 1.29 is 0 Å². The van der Waals surface area contributed by atoms with Crippen molar-refractivity contribution in [2.45, 2.75) is 50.3 Å². The Morgan fingerprint density at radius 3 is 2.76 bits per heavy atom. The zero-order valence-electron chi connectivity index (χ0n) is 10.9. The number of thioether (sulfide) groups is 1. The van der Waals surface area contributed by atoms with E-state index >= 15 is 0 Å². The maximum absolute atomic E-state index is 3.55. The van der Waals surface area contributed by atoms with E-state index in [0.717, 1.165) is 13.1 Å². The van der Waals surface area contributed by atoms with Gasteiger partial charge in [-0.15, -0.1) is 11.8 Å². The Hall–Kier alpha value is 0.01000. The molecule has 1 atom stereocenters. The summed E-state index contributed by atoms with van der Waals surface area (Å²) in [5.41, 5.74) is 1.40. The molecule has 1 aromatic carbocycles. The van der Waals surface area contributed by atoms with Crippen LogP contribution in [0.4, 0.5) is 0 Å². The van der Waals surface area contributed by atoms with Gasteiger partial charge in [0.2, 0.25) is 0 Å². The van der Waals surface area contributed by atoms with Crippen LogP contribution in [0.25, 0.3) is 0 Å². The van der Waals surface area contributed by atoms with Gasteiger partial charge in [0.05, 0.1) is 0 Å². The minimum absolute atomic E-state index is 0.682. The van der Waals surface area contributed by atoms with Crippen LogP contribution in [0.5, 0.6) is 0 Å². The molecule has 96 valence electrons. The molecule has 0 aromatic heterocycles. The summed E-state index contributed by atoms with van der Waals surface area (Å²) in [6, 6.07) is 6.59. The van der Waals surface area contributed by atoms with Gasteiger partial charge in [0, 0.05) is 21.2 Å². The van der Waals surface area contributed by atoms with E-state index in [0.29, 0.717) is 5.25 Å². The summed E-state index contributed by atoms with van der Waals surface area (Å²) in [7, 11) is 0. The highest BCUT2D eigenvalue weighted by atomic mass is 79.9. The van der Waals surface area contributed by atoms with Crippen molar-refractivity contribution in [3.05, 3.63) is 28.2 Å². The fraction of sp³-hybridized carbons (Fsp3) is 0.571. The Kier molecular flexibility index (Phi) is 7.24. The molecule has 0 aliphatic carbocycles. The molecule has 0 saturated heterocycles. The van der Waals surface area contributed by atoms with Gasteiger partial charge in [-0.05, 0) is 43.1 Å². The first-order chi connectivity index (χ1) is 8.17. The maximum atomic E-state index is 3.55. The van der Waals surface area contributed by atoms with E-state index in [1.54, 1.807) is 0 Å². The van der Waals surface area contributed by atoms with Gasteiger partial charge in [0.15, 0.2) is 0 Å². The normalized spacial score (nSPS) is 12.7. The lowest BCUT2D eigenvalue weighted by atomic mass is 10.2. The van der Waals surface area contributed by atoms with Gasteiger partial charge >= 0.3 is 0 Å². The Labute approximate surface area is 118 Å². The third kappa shape index (κ3) is 5.45. The minimum atomic E-state index is 0.682. The molecule has 0 bridgehead atoms. The van der Waals surface area contributed by atoms with E-state index in [-0.39, 0.29) is 0 Å². The van der Waals surface area contributed by atoms with Gasteiger partial charge in [0.1, 0.15) is 0 Å². The van der Waals surface area contributed by atoms with Crippen LogP contribution in [-0.4, -0.2) is 11.8 Å². The molecule has 0 amide bonds. The molecule has 0 aliphatic rings. The first-order valence-corrected chi connectivity index (χ1v) is 8.00. The lowest BCUT2D eigenvalue weighted by Gasteiger charge is -2.14. The third-order valence-electron chi connectivity index (χ3n) is 2.67. The monoisotopic (exact) mass is 315 g/mol. The maximum Gasteiger partial charge on any atom is 0.0217 e. The van der Waals surface area contributed by atoms with E-state index in [4.69, 9.17) is 0 Å². The number of halogens is 1. The fourth-order valence-corrected chi connectivity index (χ4v) is 2.94. The van der Waals surface area contributed by atoms with Crippen LogP contribution < -0.4 is 5.32 Å². The van der Waals surface area contributed by atoms with Crippen LogP contribution in [0, 0.1) is 0 Å². The number of hydrogen-bond donors (Lipinski definition) is 1. The Balaban J connectivity index is 2.72. The molecule has 1 nitrogen and oxygen atoms in total. The second-order valence-electron chi connectivity index (χ2n) is 4.27. The van der Waals surface area contributed by atoms with E-state index in [2.05, 4.69) is 60.2 Å². The summed E-state index contributed by atoms with van der Waals surface area (Å²) < 4.78 is 1.17. The largest absolute Gasteiger partial charge is 0.313 e. The van der Waals surface area contributed by atoms with Crippen molar-refractivity contribution >= 4 is 27.7 Å². The molecular weight excluding hydrogens is 294 g/mol. The van der Waals surface area contributed by atoms with Crippen LogP contribution in [0.15, 0.2) is 27.6 Å². The Morgan fingerprint density at radius 2 is 2.12 bits per heavy atom. The molecule has 1 aromatic rings. The quantitative estimate of drug-likeness (QED) is 0.571. The SMILES string of the molecule is CCCNCc1cc(Br)ccc1SC(C)CC. The molecule has 0 heterocycles. The Bertz CT molecular complexity index is 341. The average molecular weight is 316 g/mol. The number of nitrogens with one attached hydrogen (secondary N) is 1. The number of rotatable bonds is 7. The summed E-state index contributed by atoms with van der Waals surface area (Å²) >= 11 is 5.53. The summed E-state index contributed by atoms with van der Waals surface area (Å²) in [4.78, 5) is 1.41. The molecule has 1 rings (SSSR count). The highest BCUT2D eigenvalue weighted by Crippen LogP contribution is 2.30. The van der Waals surface area contributed by atoms with Crippen LogP contribution in [0.3, 0.4) is 0 Å². The van der Waals surface area contributed by atoms with Crippen molar-refractivity contribution in [3.8, 4) is 0 Å². The van der Waals surface area contributed by atoms with E-state index in [1.165, 1.54) is 27.8 Å². The van der Waals surface area contributed by atoms with Crippen molar-refractivity contribution in [2.75, 3.05) is 6.54 Å². The van der Waals surface area contributed by atoms with Crippen LogP contribution in [-0.2, 0) is 6.54 Å². The summed E-state index contributed by atoms with van der Waals surface area (Å²) in [6.07, 6.45) is 2.39. The molecule has 0 saturated carbocycles. The zero-order chi connectivity index (χ0) is 12.7. The molecule has 3 heteroatoms. The van der Waals surface area contributed by atoms with Crippen molar-refractivity contribution in [2.24, 2.45) is 0 Å². The van der Waals surface area contributed by atoms with Crippen molar-refractivity contribution in [1.82, 2.24) is 5.32 Å². The lowest BCUT2D eigenvalue weighted by Crippen LogP contribution is -2.14. The van der Waals surface area contributed by atoms with Gasteiger partial charge in [-0.2, -0.15) is 0 Å². The highest BCUT2D eigenvalue weighted by Gasteiger charge is 2.07. The van der Waals surface area contributed by atoms with Crippen LogP contribution in [0.2, 0.25) is 0 Å². The van der Waals surface area contributed by atoms with Gasteiger partial charge in [-0.1, -0.05) is 36.7 Å². The van der Waals surface area contributed by atoms with Gasteiger partial charge in [-0.25, -0.2) is 0 Å². The van der Waals surface area contributed by atoms with Crippen molar-refractivity contribution in [3.63, 3.8) is 0 Å². The van der Waals surface area contributed by atoms with Crippen LogP contribution >= 0.6 is 27.7 Å². The zero-order valence-corrected chi connectivity index (χ0v) is 13.3. The van der Waals surface area contributed by atoms with E-state index < -0.39 is 0 Å². The summed E-state index contributed by atoms with van der Waals surface area (Å²) in [6.45, 7) is 8.77. The van der Waals surface area contributed by atoms with E-state index in [9.17, 15) is 0 Å².